The lowest BCUT2D eigenvalue weighted by molar-refractivity contribution is 0.0958. The lowest BCUT2D eigenvalue weighted by Gasteiger charge is -2.28. The summed E-state index contributed by atoms with van der Waals surface area (Å²) in [4.78, 5) is 16.4. The van der Waals surface area contributed by atoms with Gasteiger partial charge in [-0.2, -0.15) is 0 Å². The number of ketones is 1. The molecule has 25 heavy (non-hydrogen) atoms. The minimum Gasteiger partial charge on any atom is -0.507 e. The van der Waals surface area contributed by atoms with Crippen LogP contribution in [0.2, 0.25) is 0 Å². The molecule has 1 heterocycles. The lowest BCUT2D eigenvalue weighted by atomic mass is 9.78. The molecule has 3 nitrogen and oxygen atoms in total. The zero-order chi connectivity index (χ0) is 19.2. The van der Waals surface area contributed by atoms with E-state index in [2.05, 4.69) is 60.3 Å². The smallest absolute Gasteiger partial charge is 0.182 e. The van der Waals surface area contributed by atoms with Gasteiger partial charge in [-0.3, -0.25) is 4.79 Å². The molecule has 0 fully saturated rings. The van der Waals surface area contributed by atoms with Crippen LogP contribution in [0.25, 0.3) is 0 Å². The molecule has 0 unspecified atom stereocenters. The van der Waals surface area contributed by atoms with E-state index in [1.807, 2.05) is 12.1 Å². The Hall–Kier alpha value is -1.42. The molecule has 1 aromatic carbocycles. The molecular formula is C21H31NO2S. The van der Waals surface area contributed by atoms with Crippen LogP contribution in [0, 0.1) is 0 Å². The van der Waals surface area contributed by atoms with Crippen molar-refractivity contribution in [2.45, 2.75) is 66.2 Å². The van der Waals surface area contributed by atoms with Crippen molar-refractivity contribution in [3.05, 3.63) is 39.4 Å². The van der Waals surface area contributed by atoms with Crippen LogP contribution in [0.4, 0.5) is 0 Å². The van der Waals surface area contributed by atoms with Crippen LogP contribution in [0.5, 0.6) is 5.75 Å². The largest absolute Gasteiger partial charge is 0.507 e. The molecule has 0 radical (unpaired) electrons. The van der Waals surface area contributed by atoms with Crippen molar-refractivity contribution in [3.8, 4) is 5.75 Å². The number of carbonyl (C=O) groups excluding carboxylic acids is 1. The molecule has 0 spiro atoms. The summed E-state index contributed by atoms with van der Waals surface area (Å²) in [7, 11) is 0. The number of carbonyl (C=O) groups is 1. The third-order valence-electron chi connectivity index (χ3n) is 4.80. The predicted octanol–water partition coefficient (Wildman–Crippen LogP) is 5.43. The van der Waals surface area contributed by atoms with E-state index in [4.69, 9.17) is 0 Å². The Kier molecular flexibility index (Phi) is 5.34. The molecule has 0 amide bonds. The Bertz CT molecular complexity index is 685. The van der Waals surface area contributed by atoms with Gasteiger partial charge in [0.05, 0.1) is 12.4 Å². The topological polar surface area (TPSA) is 40.5 Å². The maximum Gasteiger partial charge on any atom is 0.182 e. The van der Waals surface area contributed by atoms with Gasteiger partial charge in [-0.25, -0.2) is 0 Å². The maximum atomic E-state index is 13.0. The Labute approximate surface area is 156 Å². The van der Waals surface area contributed by atoms with Crippen molar-refractivity contribution in [3.63, 3.8) is 0 Å². The quantitative estimate of drug-likeness (QED) is 0.729. The summed E-state index contributed by atoms with van der Waals surface area (Å²) < 4.78 is 0. The first-order valence-corrected chi connectivity index (χ1v) is 9.77. The van der Waals surface area contributed by atoms with Gasteiger partial charge in [0, 0.05) is 27.3 Å². The van der Waals surface area contributed by atoms with E-state index >= 15 is 0 Å². The summed E-state index contributed by atoms with van der Waals surface area (Å²) in [6, 6.07) is 3.75. The Morgan fingerprint density at radius 2 is 1.56 bits per heavy atom. The first-order chi connectivity index (χ1) is 11.3. The van der Waals surface area contributed by atoms with Crippen LogP contribution < -0.4 is 0 Å². The van der Waals surface area contributed by atoms with E-state index in [1.165, 1.54) is 10.6 Å². The van der Waals surface area contributed by atoms with E-state index in [0.717, 1.165) is 17.0 Å². The first-order valence-electron chi connectivity index (χ1n) is 8.78. The maximum absolute atomic E-state index is 13.0. The highest BCUT2D eigenvalue weighted by Crippen LogP contribution is 2.40. The second-order valence-corrected chi connectivity index (χ2v) is 10.1. The fraction of sp³-hybridized carbons (Fsp3) is 0.571. The van der Waals surface area contributed by atoms with Gasteiger partial charge in [-0.05, 0) is 36.8 Å². The van der Waals surface area contributed by atoms with Gasteiger partial charge in [-0.15, -0.1) is 11.8 Å². The molecule has 0 saturated carbocycles. The fourth-order valence-electron chi connectivity index (χ4n) is 2.97. The van der Waals surface area contributed by atoms with Gasteiger partial charge in [0.2, 0.25) is 0 Å². The number of rotatable bonds is 3. The Balaban J connectivity index is 2.45. The van der Waals surface area contributed by atoms with Crippen molar-refractivity contribution in [1.29, 1.82) is 0 Å². The van der Waals surface area contributed by atoms with Crippen LogP contribution in [0.1, 0.15) is 76.9 Å². The van der Waals surface area contributed by atoms with Gasteiger partial charge >= 0.3 is 0 Å². The van der Waals surface area contributed by atoms with E-state index in [1.54, 1.807) is 11.8 Å². The predicted molar refractivity (Wildman–Crippen MR) is 107 cm³/mol. The molecule has 0 bridgehead atoms. The third-order valence-corrected chi connectivity index (χ3v) is 5.97. The molecule has 138 valence electrons. The Morgan fingerprint density at radius 3 is 1.92 bits per heavy atom. The molecule has 0 saturated heterocycles. The molecular weight excluding hydrogens is 330 g/mol. The second kappa shape index (κ2) is 6.71. The van der Waals surface area contributed by atoms with E-state index in [9.17, 15) is 9.90 Å². The number of thioether (sulfide) groups is 1. The summed E-state index contributed by atoms with van der Waals surface area (Å²) in [5.74, 6) is 1.26. The van der Waals surface area contributed by atoms with E-state index in [-0.39, 0.29) is 16.6 Å². The zero-order valence-corrected chi connectivity index (χ0v) is 17.6. The van der Waals surface area contributed by atoms with E-state index < -0.39 is 0 Å². The van der Waals surface area contributed by atoms with Gasteiger partial charge in [-0.1, -0.05) is 41.5 Å². The number of hydrogen-bond acceptors (Lipinski definition) is 4. The molecule has 1 aliphatic rings. The molecule has 1 aromatic rings. The monoisotopic (exact) mass is 361 g/mol. The molecule has 0 aromatic heterocycles. The number of allylic oxidation sites excluding steroid dienone is 2. The first kappa shape index (κ1) is 19.9. The third kappa shape index (κ3) is 4.22. The highest BCUT2D eigenvalue weighted by molar-refractivity contribution is 8.03. The van der Waals surface area contributed by atoms with Crippen molar-refractivity contribution in [1.82, 2.24) is 4.90 Å². The van der Waals surface area contributed by atoms with Crippen molar-refractivity contribution < 1.29 is 9.90 Å². The standard InChI is InChI=1S/C21H31NO2S/c1-13-14(2)25-12-22(13)11-18(23)15-9-16(20(3,4)5)19(24)17(10-15)21(6,7)8/h9-10,24H,11-12H2,1-8H3. The number of Topliss-reactive ketones (excluding diaryl/α,β-unsaturated/α-hetero) is 1. The van der Waals surface area contributed by atoms with Gasteiger partial charge in [0.1, 0.15) is 5.75 Å². The number of aromatic hydroxyl groups is 1. The van der Waals surface area contributed by atoms with Crippen molar-refractivity contribution in [2.24, 2.45) is 0 Å². The normalized spacial score (nSPS) is 15.9. The van der Waals surface area contributed by atoms with Gasteiger partial charge in [0.15, 0.2) is 5.78 Å². The number of nitrogens with zero attached hydrogens (tertiary/aromatic N) is 1. The molecule has 0 atom stereocenters. The average molecular weight is 362 g/mol. The number of hydrogen-bond donors (Lipinski definition) is 1. The number of phenolic OH excluding ortho intramolecular Hbond substituents is 1. The average Bonchev–Trinajstić information content (AvgIpc) is 2.77. The Morgan fingerprint density at radius 1 is 1.08 bits per heavy atom. The van der Waals surface area contributed by atoms with E-state index in [0.29, 0.717) is 17.9 Å². The summed E-state index contributed by atoms with van der Waals surface area (Å²) in [5, 5.41) is 10.8. The summed E-state index contributed by atoms with van der Waals surface area (Å²) in [6.07, 6.45) is 0. The summed E-state index contributed by atoms with van der Waals surface area (Å²) in [6.45, 7) is 16.9. The number of benzene rings is 1. The van der Waals surface area contributed by atoms with Gasteiger partial charge in [0.25, 0.3) is 0 Å². The van der Waals surface area contributed by atoms with Crippen LogP contribution in [-0.2, 0) is 10.8 Å². The van der Waals surface area contributed by atoms with Crippen molar-refractivity contribution >= 4 is 17.5 Å². The highest BCUT2D eigenvalue weighted by atomic mass is 32.2. The summed E-state index contributed by atoms with van der Waals surface area (Å²) >= 11 is 1.78. The van der Waals surface area contributed by atoms with Crippen LogP contribution in [-0.4, -0.2) is 28.2 Å². The molecule has 1 aliphatic heterocycles. The van der Waals surface area contributed by atoms with Gasteiger partial charge < -0.3 is 10.0 Å². The SMILES string of the molecule is CC1=C(C)N(CC(=O)c2cc(C(C)(C)C)c(O)c(C(C)(C)C)c2)CS1. The molecule has 1 N–H and O–H groups in total. The van der Waals surface area contributed by atoms with Crippen LogP contribution in [0.3, 0.4) is 0 Å². The molecule has 2 rings (SSSR count). The minimum atomic E-state index is -0.226. The van der Waals surface area contributed by atoms with Crippen LogP contribution >= 0.6 is 11.8 Å². The fourth-order valence-corrected chi connectivity index (χ4v) is 3.94. The zero-order valence-electron chi connectivity index (χ0n) is 16.8. The minimum absolute atomic E-state index is 0.102. The molecule has 4 heteroatoms. The lowest BCUT2D eigenvalue weighted by Crippen LogP contribution is -2.27. The summed E-state index contributed by atoms with van der Waals surface area (Å²) in [5.41, 5.74) is 3.09. The molecule has 0 aliphatic carbocycles. The highest BCUT2D eigenvalue weighted by Gasteiger charge is 2.28. The van der Waals surface area contributed by atoms with Crippen LogP contribution in [0.15, 0.2) is 22.7 Å². The number of phenols is 1. The second-order valence-electron chi connectivity index (χ2n) is 8.96. The van der Waals surface area contributed by atoms with Crippen molar-refractivity contribution in [2.75, 3.05) is 12.4 Å².